The van der Waals surface area contributed by atoms with Crippen LogP contribution in [0.2, 0.25) is 0 Å². The molecule has 0 amide bonds. The monoisotopic (exact) mass is 403 g/mol. The fourth-order valence-corrected chi connectivity index (χ4v) is 3.95. The number of halogens is 3. The Bertz CT molecular complexity index is 1300. The Labute approximate surface area is 173 Å². The number of hydrogen-bond donors (Lipinski definition) is 0. The predicted octanol–water partition coefficient (Wildman–Crippen LogP) is 7.68. The van der Waals surface area contributed by atoms with Crippen molar-refractivity contribution in [3.05, 3.63) is 83.2 Å². The van der Waals surface area contributed by atoms with Crippen molar-refractivity contribution < 1.29 is 13.2 Å². The maximum atomic E-state index is 15.3. The van der Waals surface area contributed by atoms with Gasteiger partial charge in [-0.05, 0) is 58.3 Å². The summed E-state index contributed by atoms with van der Waals surface area (Å²) in [5.41, 5.74) is 0.818. The first-order valence-corrected chi connectivity index (χ1v) is 10.1. The van der Waals surface area contributed by atoms with E-state index in [1.165, 1.54) is 30.2 Å². The van der Waals surface area contributed by atoms with Gasteiger partial charge in [0.25, 0.3) is 0 Å². The summed E-state index contributed by atoms with van der Waals surface area (Å²) in [6.45, 7) is 2.16. The standard InChI is InChI=1S/C26H20F3N/c1-2-3-4-5-16-6-10-20-17(12-16)9-11-21-22(20)14-24(28)25(26(21)29)18-7-8-19(15-30)23(27)13-18/h6-14H,2-5H2,1H3. The Morgan fingerprint density at radius 1 is 0.800 bits per heavy atom. The molecule has 0 radical (unpaired) electrons. The van der Waals surface area contributed by atoms with Crippen LogP contribution < -0.4 is 0 Å². The second-order valence-corrected chi connectivity index (χ2v) is 7.53. The average molecular weight is 403 g/mol. The molecule has 4 rings (SSSR count). The van der Waals surface area contributed by atoms with Crippen molar-refractivity contribution in [2.24, 2.45) is 0 Å². The first-order chi connectivity index (χ1) is 14.5. The van der Waals surface area contributed by atoms with Gasteiger partial charge in [-0.1, -0.05) is 56.2 Å². The molecule has 0 aromatic heterocycles. The molecule has 0 aliphatic carbocycles. The SMILES string of the molecule is CCCCCc1ccc2c(ccc3c(F)c(-c4ccc(C#N)c(F)c4)c(F)cc32)c1. The maximum absolute atomic E-state index is 15.3. The third-order valence-electron chi connectivity index (χ3n) is 5.54. The van der Waals surface area contributed by atoms with E-state index in [2.05, 4.69) is 13.0 Å². The zero-order valence-electron chi connectivity index (χ0n) is 16.6. The number of nitrogens with zero attached hydrogens (tertiary/aromatic N) is 1. The Morgan fingerprint density at radius 2 is 1.60 bits per heavy atom. The van der Waals surface area contributed by atoms with Gasteiger partial charge in [-0.25, -0.2) is 13.2 Å². The van der Waals surface area contributed by atoms with Crippen LogP contribution in [0.5, 0.6) is 0 Å². The molecule has 0 N–H and O–H groups in total. The first-order valence-electron chi connectivity index (χ1n) is 10.1. The third-order valence-corrected chi connectivity index (χ3v) is 5.54. The van der Waals surface area contributed by atoms with E-state index in [4.69, 9.17) is 5.26 Å². The lowest BCUT2D eigenvalue weighted by Crippen LogP contribution is -1.95. The van der Waals surface area contributed by atoms with Crippen LogP contribution in [0.15, 0.2) is 54.6 Å². The van der Waals surface area contributed by atoms with Crippen LogP contribution in [0.25, 0.3) is 32.7 Å². The van der Waals surface area contributed by atoms with Gasteiger partial charge in [-0.15, -0.1) is 0 Å². The molecule has 150 valence electrons. The molecule has 0 saturated carbocycles. The normalized spacial score (nSPS) is 11.2. The van der Waals surface area contributed by atoms with E-state index < -0.39 is 17.5 Å². The lowest BCUT2D eigenvalue weighted by Gasteiger charge is -2.12. The van der Waals surface area contributed by atoms with Gasteiger partial charge in [0.1, 0.15) is 23.5 Å². The van der Waals surface area contributed by atoms with E-state index >= 15 is 4.39 Å². The molecule has 0 aliphatic rings. The highest BCUT2D eigenvalue weighted by Gasteiger charge is 2.18. The second kappa shape index (κ2) is 8.20. The molecule has 0 aliphatic heterocycles. The second-order valence-electron chi connectivity index (χ2n) is 7.53. The number of fused-ring (bicyclic) bond motifs is 3. The molecule has 0 fully saturated rings. The number of aryl methyl sites for hydroxylation is 1. The highest BCUT2D eigenvalue weighted by molar-refractivity contribution is 6.09. The Morgan fingerprint density at radius 3 is 2.33 bits per heavy atom. The van der Waals surface area contributed by atoms with Crippen molar-refractivity contribution in [1.82, 2.24) is 0 Å². The van der Waals surface area contributed by atoms with Gasteiger partial charge >= 0.3 is 0 Å². The molecule has 30 heavy (non-hydrogen) atoms. The number of nitriles is 1. The van der Waals surface area contributed by atoms with E-state index in [0.717, 1.165) is 36.1 Å². The molecule has 0 atom stereocenters. The van der Waals surface area contributed by atoms with Crippen LogP contribution in [0.4, 0.5) is 13.2 Å². The van der Waals surface area contributed by atoms with Crippen molar-refractivity contribution in [2.45, 2.75) is 32.6 Å². The molecule has 0 spiro atoms. The molecular formula is C26H20F3N. The fraction of sp³-hybridized carbons (Fsp3) is 0.192. The Hall–Kier alpha value is -3.32. The quantitative estimate of drug-likeness (QED) is 0.248. The minimum atomic E-state index is -0.803. The minimum absolute atomic E-state index is 0.0646. The lowest BCUT2D eigenvalue weighted by atomic mass is 9.94. The summed E-state index contributed by atoms with van der Waals surface area (Å²) in [5.74, 6) is -2.30. The predicted molar refractivity (Wildman–Crippen MR) is 115 cm³/mol. The molecule has 4 aromatic carbocycles. The van der Waals surface area contributed by atoms with Crippen molar-refractivity contribution >= 4 is 21.5 Å². The molecular weight excluding hydrogens is 383 g/mol. The van der Waals surface area contributed by atoms with E-state index in [1.54, 1.807) is 12.1 Å². The summed E-state index contributed by atoms with van der Waals surface area (Å²) in [6, 6.07) is 16.1. The molecule has 0 heterocycles. The van der Waals surface area contributed by atoms with Gasteiger partial charge in [0, 0.05) is 5.39 Å². The highest BCUT2D eigenvalue weighted by atomic mass is 19.1. The molecule has 0 unspecified atom stereocenters. The smallest absolute Gasteiger partial charge is 0.141 e. The molecule has 0 saturated heterocycles. The van der Waals surface area contributed by atoms with Crippen molar-refractivity contribution in [3.63, 3.8) is 0 Å². The summed E-state index contributed by atoms with van der Waals surface area (Å²) in [5, 5.41) is 11.4. The number of rotatable bonds is 5. The maximum Gasteiger partial charge on any atom is 0.141 e. The largest absolute Gasteiger partial charge is 0.206 e. The average Bonchev–Trinajstić information content (AvgIpc) is 2.74. The van der Waals surface area contributed by atoms with Gasteiger partial charge in [0.05, 0.1) is 11.1 Å². The van der Waals surface area contributed by atoms with E-state index in [0.29, 0.717) is 5.39 Å². The van der Waals surface area contributed by atoms with Crippen LogP contribution in [0.1, 0.15) is 37.3 Å². The van der Waals surface area contributed by atoms with E-state index in [9.17, 15) is 8.78 Å². The van der Waals surface area contributed by atoms with Gasteiger partial charge in [-0.3, -0.25) is 0 Å². The summed E-state index contributed by atoms with van der Waals surface area (Å²) < 4.78 is 44.3. The van der Waals surface area contributed by atoms with Crippen LogP contribution in [0.3, 0.4) is 0 Å². The Kier molecular flexibility index (Phi) is 5.46. The zero-order chi connectivity index (χ0) is 21.3. The summed E-state index contributed by atoms with van der Waals surface area (Å²) >= 11 is 0. The summed E-state index contributed by atoms with van der Waals surface area (Å²) in [4.78, 5) is 0. The topological polar surface area (TPSA) is 23.8 Å². The first kappa shape index (κ1) is 20.0. The van der Waals surface area contributed by atoms with Gasteiger partial charge in [0.15, 0.2) is 0 Å². The molecule has 4 aromatic rings. The molecule has 0 bridgehead atoms. The lowest BCUT2D eigenvalue weighted by molar-refractivity contribution is 0.597. The van der Waals surface area contributed by atoms with Crippen molar-refractivity contribution in [2.75, 3.05) is 0 Å². The van der Waals surface area contributed by atoms with Crippen LogP contribution in [-0.2, 0) is 6.42 Å². The van der Waals surface area contributed by atoms with Crippen molar-refractivity contribution in [3.8, 4) is 17.2 Å². The third kappa shape index (κ3) is 3.52. The van der Waals surface area contributed by atoms with Crippen LogP contribution in [0, 0.1) is 28.8 Å². The van der Waals surface area contributed by atoms with Crippen LogP contribution >= 0.6 is 0 Å². The summed E-state index contributed by atoms with van der Waals surface area (Å²) in [6.07, 6.45) is 4.42. The Balaban J connectivity index is 1.84. The zero-order valence-corrected chi connectivity index (χ0v) is 16.6. The number of benzene rings is 4. The number of unbranched alkanes of at least 4 members (excludes halogenated alkanes) is 2. The fourth-order valence-electron chi connectivity index (χ4n) is 3.95. The van der Waals surface area contributed by atoms with E-state index in [-0.39, 0.29) is 22.1 Å². The number of hydrogen-bond acceptors (Lipinski definition) is 1. The highest BCUT2D eigenvalue weighted by Crippen LogP contribution is 2.36. The van der Waals surface area contributed by atoms with E-state index in [1.807, 2.05) is 18.2 Å². The van der Waals surface area contributed by atoms with Crippen molar-refractivity contribution in [1.29, 1.82) is 5.26 Å². The van der Waals surface area contributed by atoms with Gasteiger partial charge in [0.2, 0.25) is 0 Å². The van der Waals surface area contributed by atoms with Gasteiger partial charge in [-0.2, -0.15) is 5.26 Å². The molecule has 4 heteroatoms. The molecule has 1 nitrogen and oxygen atoms in total. The summed E-state index contributed by atoms with van der Waals surface area (Å²) in [7, 11) is 0. The van der Waals surface area contributed by atoms with Crippen LogP contribution in [-0.4, -0.2) is 0 Å². The van der Waals surface area contributed by atoms with Gasteiger partial charge < -0.3 is 0 Å². The minimum Gasteiger partial charge on any atom is -0.206 e.